The van der Waals surface area contributed by atoms with Gasteiger partial charge in [-0.25, -0.2) is 0 Å². The van der Waals surface area contributed by atoms with Crippen molar-refractivity contribution in [2.75, 3.05) is 0 Å². The molecule has 1 nitrogen and oxygen atoms in total. The molecule has 30 valence electrons. The summed E-state index contributed by atoms with van der Waals surface area (Å²) in [6, 6.07) is 0. The molecule has 2 radical (unpaired) electrons. The number of hydrogen-bond donors (Lipinski definition) is 0. The zero-order valence-electron chi connectivity index (χ0n) is 3.27. The molecular weight excluding hydrogens is 76.1 g/mol. The van der Waals surface area contributed by atoms with E-state index in [1.165, 1.54) is 0 Å². The SMILES string of the molecule is O=C1[C]=CC[CH]1. The smallest absolute Gasteiger partial charge is 0.167 e. The number of Topliss-reactive ketones (excluding diaryl/α,β-unsaturated/α-hetero) is 1. The van der Waals surface area contributed by atoms with Gasteiger partial charge in [-0.3, -0.25) is 4.79 Å². The topological polar surface area (TPSA) is 17.1 Å². The van der Waals surface area contributed by atoms with Crippen molar-refractivity contribution in [3.05, 3.63) is 18.6 Å². The summed E-state index contributed by atoms with van der Waals surface area (Å²) in [5, 5.41) is 0. The number of ketones is 1. The molecule has 0 amide bonds. The molecular formula is C5H4O. The minimum absolute atomic E-state index is 0.0231. The molecule has 0 aromatic rings. The fourth-order valence-corrected chi connectivity index (χ4v) is 0.384. The quantitative estimate of drug-likeness (QED) is 0.414. The van der Waals surface area contributed by atoms with Crippen LogP contribution in [0.3, 0.4) is 0 Å². The van der Waals surface area contributed by atoms with E-state index in [9.17, 15) is 4.79 Å². The molecule has 0 saturated carbocycles. The first kappa shape index (κ1) is 3.59. The third kappa shape index (κ3) is 0.482. The molecule has 0 atom stereocenters. The second-order valence-electron chi connectivity index (χ2n) is 1.15. The number of rotatable bonds is 0. The molecule has 0 heterocycles. The first-order valence-corrected chi connectivity index (χ1v) is 1.85. The Labute approximate surface area is 36.7 Å². The molecule has 0 aliphatic heterocycles. The Morgan fingerprint density at radius 2 is 2.67 bits per heavy atom. The van der Waals surface area contributed by atoms with Crippen molar-refractivity contribution in [1.29, 1.82) is 0 Å². The highest BCUT2D eigenvalue weighted by Gasteiger charge is 2.00. The first-order chi connectivity index (χ1) is 2.89. The van der Waals surface area contributed by atoms with Crippen LogP contribution in [0.5, 0.6) is 0 Å². The number of carbonyl (C=O) groups excluding carboxylic acids is 1. The second kappa shape index (κ2) is 1.25. The minimum Gasteiger partial charge on any atom is -0.294 e. The van der Waals surface area contributed by atoms with E-state index in [2.05, 4.69) is 6.08 Å². The molecule has 0 fully saturated rings. The van der Waals surface area contributed by atoms with E-state index in [1.807, 2.05) is 0 Å². The summed E-state index contributed by atoms with van der Waals surface area (Å²) in [7, 11) is 0. The summed E-state index contributed by atoms with van der Waals surface area (Å²) in [4.78, 5) is 10.0. The number of allylic oxidation sites excluding steroid dienone is 2. The van der Waals surface area contributed by atoms with Gasteiger partial charge in [-0.2, -0.15) is 0 Å². The molecule has 0 saturated heterocycles. The van der Waals surface area contributed by atoms with Crippen LogP contribution in [0, 0.1) is 12.5 Å². The van der Waals surface area contributed by atoms with Crippen LogP contribution < -0.4 is 0 Å². The average molecular weight is 80.1 g/mol. The van der Waals surface area contributed by atoms with E-state index in [1.54, 1.807) is 12.5 Å². The maximum Gasteiger partial charge on any atom is 0.167 e. The van der Waals surface area contributed by atoms with Crippen LogP contribution in [0.2, 0.25) is 0 Å². The third-order valence-corrected chi connectivity index (χ3v) is 0.665. The van der Waals surface area contributed by atoms with E-state index in [-0.39, 0.29) is 5.78 Å². The van der Waals surface area contributed by atoms with Crippen LogP contribution >= 0.6 is 0 Å². The van der Waals surface area contributed by atoms with E-state index in [0.29, 0.717) is 0 Å². The maximum absolute atomic E-state index is 10.0. The summed E-state index contributed by atoms with van der Waals surface area (Å²) >= 11 is 0. The van der Waals surface area contributed by atoms with Crippen LogP contribution in [0.25, 0.3) is 0 Å². The Balaban J connectivity index is 2.59. The van der Waals surface area contributed by atoms with Crippen LogP contribution in [0.1, 0.15) is 6.42 Å². The van der Waals surface area contributed by atoms with Crippen molar-refractivity contribution in [2.45, 2.75) is 6.42 Å². The van der Waals surface area contributed by atoms with E-state index in [0.717, 1.165) is 6.42 Å². The van der Waals surface area contributed by atoms with E-state index >= 15 is 0 Å². The van der Waals surface area contributed by atoms with E-state index in [4.69, 9.17) is 0 Å². The third-order valence-electron chi connectivity index (χ3n) is 0.665. The van der Waals surface area contributed by atoms with E-state index < -0.39 is 0 Å². The van der Waals surface area contributed by atoms with Crippen LogP contribution in [-0.4, -0.2) is 5.78 Å². The lowest BCUT2D eigenvalue weighted by Gasteiger charge is -1.69. The summed E-state index contributed by atoms with van der Waals surface area (Å²) in [6.45, 7) is 0. The van der Waals surface area contributed by atoms with Gasteiger partial charge in [0.15, 0.2) is 5.78 Å². The summed E-state index contributed by atoms with van der Waals surface area (Å²) in [5.41, 5.74) is 0. The highest BCUT2D eigenvalue weighted by molar-refractivity contribution is 5.95. The Hall–Kier alpha value is -0.590. The average Bonchev–Trinajstić information content (AvgIpc) is 1.86. The van der Waals surface area contributed by atoms with Crippen molar-refractivity contribution < 1.29 is 4.79 Å². The van der Waals surface area contributed by atoms with Gasteiger partial charge >= 0.3 is 0 Å². The van der Waals surface area contributed by atoms with Gasteiger partial charge in [0.05, 0.1) is 0 Å². The van der Waals surface area contributed by atoms with Gasteiger partial charge in [-0.1, -0.05) is 6.08 Å². The molecule has 1 heteroatoms. The maximum atomic E-state index is 10.0. The monoisotopic (exact) mass is 80.0 g/mol. The minimum atomic E-state index is 0.0231. The Morgan fingerprint density at radius 1 is 1.83 bits per heavy atom. The molecule has 6 heavy (non-hydrogen) atoms. The van der Waals surface area contributed by atoms with Gasteiger partial charge in [-0.05, 0) is 6.42 Å². The molecule has 0 aromatic heterocycles. The predicted octanol–water partition coefficient (Wildman–Crippen LogP) is 0.523. The Bertz CT molecular complexity index is 92.1. The molecule has 1 aliphatic rings. The van der Waals surface area contributed by atoms with Gasteiger partial charge < -0.3 is 0 Å². The molecule has 1 rings (SSSR count). The predicted molar refractivity (Wildman–Crippen MR) is 21.7 cm³/mol. The fraction of sp³-hybridized carbons (Fsp3) is 0.200. The van der Waals surface area contributed by atoms with Crippen LogP contribution in [0.15, 0.2) is 6.08 Å². The first-order valence-electron chi connectivity index (χ1n) is 1.85. The molecule has 0 bridgehead atoms. The standard InChI is InChI=1S/C5H4O/c6-5-3-1-2-4-5/h1,4H,2H2. The van der Waals surface area contributed by atoms with Crippen molar-refractivity contribution in [3.8, 4) is 0 Å². The Kier molecular flexibility index (Phi) is 0.748. The number of hydrogen-bond acceptors (Lipinski definition) is 1. The van der Waals surface area contributed by atoms with Crippen molar-refractivity contribution in [2.24, 2.45) is 0 Å². The summed E-state index contributed by atoms with van der Waals surface area (Å²) in [5.74, 6) is 0.0231. The van der Waals surface area contributed by atoms with Gasteiger partial charge in [-0.15, -0.1) is 0 Å². The number of carbonyl (C=O) groups is 1. The normalized spacial score (nSPS) is 19.7. The lowest BCUT2D eigenvalue weighted by Crippen LogP contribution is -1.82. The molecule has 1 aliphatic carbocycles. The second-order valence-corrected chi connectivity index (χ2v) is 1.15. The lowest BCUT2D eigenvalue weighted by molar-refractivity contribution is -0.111. The van der Waals surface area contributed by atoms with Crippen LogP contribution in [0.4, 0.5) is 0 Å². The van der Waals surface area contributed by atoms with Gasteiger partial charge in [0.25, 0.3) is 0 Å². The van der Waals surface area contributed by atoms with Crippen molar-refractivity contribution in [1.82, 2.24) is 0 Å². The van der Waals surface area contributed by atoms with Crippen molar-refractivity contribution in [3.63, 3.8) is 0 Å². The highest BCUT2D eigenvalue weighted by atomic mass is 16.1. The molecule has 0 unspecified atom stereocenters. The van der Waals surface area contributed by atoms with Gasteiger partial charge in [0, 0.05) is 12.5 Å². The molecule has 0 N–H and O–H groups in total. The van der Waals surface area contributed by atoms with Gasteiger partial charge in [0.2, 0.25) is 0 Å². The highest BCUT2D eigenvalue weighted by Crippen LogP contribution is 1.98. The zero-order valence-corrected chi connectivity index (χ0v) is 3.27. The summed E-state index contributed by atoms with van der Waals surface area (Å²) < 4.78 is 0. The summed E-state index contributed by atoms with van der Waals surface area (Å²) in [6.07, 6.45) is 6.60. The molecule has 0 spiro atoms. The van der Waals surface area contributed by atoms with Crippen LogP contribution in [-0.2, 0) is 4.79 Å². The molecule has 0 aromatic carbocycles. The van der Waals surface area contributed by atoms with Crippen molar-refractivity contribution >= 4 is 5.78 Å². The zero-order chi connectivity index (χ0) is 4.41. The lowest BCUT2D eigenvalue weighted by atomic mass is 10.3. The Morgan fingerprint density at radius 3 is 2.83 bits per heavy atom. The van der Waals surface area contributed by atoms with Gasteiger partial charge in [0.1, 0.15) is 0 Å². The fourth-order valence-electron chi connectivity index (χ4n) is 0.384. The largest absolute Gasteiger partial charge is 0.294 e.